The van der Waals surface area contributed by atoms with Gasteiger partial charge in [0.15, 0.2) is 11.5 Å². The van der Waals surface area contributed by atoms with E-state index in [0.717, 1.165) is 23.4 Å². The summed E-state index contributed by atoms with van der Waals surface area (Å²) in [5.41, 5.74) is 1.67. The van der Waals surface area contributed by atoms with E-state index in [0.29, 0.717) is 50.5 Å². The Kier molecular flexibility index (Phi) is 7.45. The van der Waals surface area contributed by atoms with Crippen LogP contribution in [0.15, 0.2) is 42.5 Å². The third-order valence-corrected chi connectivity index (χ3v) is 6.60. The van der Waals surface area contributed by atoms with Gasteiger partial charge in [0.25, 0.3) is 0 Å². The third-order valence-electron chi connectivity index (χ3n) is 6.60. The number of anilines is 1. The summed E-state index contributed by atoms with van der Waals surface area (Å²) in [6, 6.07) is 13.3. The second-order valence-corrected chi connectivity index (χ2v) is 8.64. The highest BCUT2D eigenvalue weighted by Gasteiger charge is 2.34. The van der Waals surface area contributed by atoms with E-state index in [2.05, 4.69) is 12.2 Å². The van der Waals surface area contributed by atoms with Crippen molar-refractivity contribution in [2.75, 3.05) is 38.8 Å². The van der Waals surface area contributed by atoms with Crippen molar-refractivity contribution >= 4 is 17.6 Å². The molecular formula is C26H33N3O5. The minimum Gasteiger partial charge on any atom is -0.493 e. The Balaban J connectivity index is 1.34. The molecule has 2 aromatic carbocycles. The van der Waals surface area contributed by atoms with Gasteiger partial charge in [-0.25, -0.2) is 4.79 Å². The molecule has 0 saturated carbocycles. The molecule has 1 saturated heterocycles. The standard InChI is InChI=1S/C26H33N3O5/c1-4-20-17-29(21-9-5-6-10-22(21)34-20)26(31)28-14-12-18(13-15-28)25(30)27-16-19-8-7-11-23(32-2)24(19)33-3/h5-11,18,20H,4,12-17H2,1-3H3,(H,27,30)/t20-/m0/s1. The van der Waals surface area contributed by atoms with Crippen molar-refractivity contribution in [1.82, 2.24) is 10.2 Å². The van der Waals surface area contributed by atoms with Crippen LogP contribution in [0, 0.1) is 5.92 Å². The Morgan fingerprint density at radius 3 is 2.53 bits per heavy atom. The maximum Gasteiger partial charge on any atom is 0.324 e. The monoisotopic (exact) mass is 467 g/mol. The van der Waals surface area contributed by atoms with E-state index in [9.17, 15) is 9.59 Å². The molecule has 0 unspecified atom stereocenters. The van der Waals surface area contributed by atoms with Crippen molar-refractivity contribution in [3.8, 4) is 17.2 Å². The first-order valence-electron chi connectivity index (χ1n) is 11.8. The lowest BCUT2D eigenvalue weighted by molar-refractivity contribution is -0.126. The number of hydrogen-bond donors (Lipinski definition) is 1. The van der Waals surface area contributed by atoms with Crippen molar-refractivity contribution in [1.29, 1.82) is 0 Å². The molecule has 1 N–H and O–H groups in total. The number of amides is 3. The zero-order valence-electron chi connectivity index (χ0n) is 20.1. The Bertz CT molecular complexity index is 1020. The Morgan fingerprint density at radius 2 is 1.82 bits per heavy atom. The van der Waals surface area contributed by atoms with Crippen molar-refractivity contribution in [2.45, 2.75) is 38.8 Å². The lowest BCUT2D eigenvalue weighted by Crippen LogP contribution is -2.52. The number of likely N-dealkylation sites (tertiary alicyclic amines) is 1. The summed E-state index contributed by atoms with van der Waals surface area (Å²) in [7, 11) is 3.18. The van der Waals surface area contributed by atoms with Crippen LogP contribution in [0.1, 0.15) is 31.7 Å². The number of methoxy groups -OCH3 is 2. The molecule has 34 heavy (non-hydrogen) atoms. The molecule has 0 aromatic heterocycles. The molecule has 0 spiro atoms. The maximum atomic E-state index is 13.4. The van der Waals surface area contributed by atoms with Crippen molar-refractivity contribution in [3.63, 3.8) is 0 Å². The van der Waals surface area contributed by atoms with Crippen LogP contribution in [0.2, 0.25) is 0 Å². The topological polar surface area (TPSA) is 80.3 Å². The highest BCUT2D eigenvalue weighted by atomic mass is 16.5. The van der Waals surface area contributed by atoms with Gasteiger partial charge in [-0.3, -0.25) is 9.69 Å². The van der Waals surface area contributed by atoms with Crippen LogP contribution < -0.4 is 24.4 Å². The first-order chi connectivity index (χ1) is 16.5. The van der Waals surface area contributed by atoms with Gasteiger partial charge in [-0.15, -0.1) is 0 Å². The fraction of sp³-hybridized carbons (Fsp3) is 0.462. The predicted octanol–water partition coefficient (Wildman–Crippen LogP) is 3.83. The molecule has 2 aliphatic heterocycles. The van der Waals surface area contributed by atoms with Gasteiger partial charge < -0.3 is 24.4 Å². The third kappa shape index (κ3) is 4.90. The van der Waals surface area contributed by atoms with Gasteiger partial charge in [0.2, 0.25) is 5.91 Å². The lowest BCUT2D eigenvalue weighted by atomic mass is 9.96. The van der Waals surface area contributed by atoms with Crippen molar-refractivity contribution < 1.29 is 23.8 Å². The Morgan fingerprint density at radius 1 is 1.06 bits per heavy atom. The van der Waals surface area contributed by atoms with E-state index < -0.39 is 0 Å². The van der Waals surface area contributed by atoms with E-state index in [1.54, 1.807) is 14.2 Å². The number of nitrogens with zero attached hydrogens (tertiary/aromatic N) is 2. The number of nitrogens with one attached hydrogen (secondary N) is 1. The van der Waals surface area contributed by atoms with Gasteiger partial charge in [-0.2, -0.15) is 0 Å². The summed E-state index contributed by atoms with van der Waals surface area (Å²) in [6.45, 7) is 4.06. The first kappa shape index (κ1) is 23.7. The van der Waals surface area contributed by atoms with Crippen LogP contribution in [-0.2, 0) is 11.3 Å². The molecule has 8 heteroatoms. The molecule has 2 aliphatic rings. The number of para-hydroxylation sites is 3. The van der Waals surface area contributed by atoms with Crippen LogP contribution in [0.4, 0.5) is 10.5 Å². The Hall–Kier alpha value is -3.42. The number of rotatable bonds is 6. The van der Waals surface area contributed by atoms with Crippen molar-refractivity contribution in [2.24, 2.45) is 5.92 Å². The summed E-state index contributed by atoms with van der Waals surface area (Å²) in [5, 5.41) is 3.02. The van der Waals surface area contributed by atoms with E-state index in [4.69, 9.17) is 14.2 Å². The normalized spacial score (nSPS) is 18.0. The molecule has 1 atom stereocenters. The number of piperidine rings is 1. The Labute approximate surface area is 200 Å². The SMILES string of the molecule is CC[C@H]1CN(C(=O)N2CCC(C(=O)NCc3cccc(OC)c3OC)CC2)c2ccccc2O1. The van der Waals surface area contributed by atoms with Crippen LogP contribution >= 0.6 is 0 Å². The van der Waals surface area contributed by atoms with Gasteiger partial charge in [-0.05, 0) is 37.5 Å². The van der Waals surface area contributed by atoms with Crippen LogP contribution in [0.5, 0.6) is 17.2 Å². The molecule has 0 radical (unpaired) electrons. The number of benzene rings is 2. The predicted molar refractivity (Wildman–Crippen MR) is 130 cm³/mol. The highest BCUT2D eigenvalue weighted by molar-refractivity contribution is 5.94. The second kappa shape index (κ2) is 10.7. The number of carbonyl (C=O) groups excluding carboxylic acids is 2. The number of ether oxygens (including phenoxy) is 3. The number of urea groups is 1. The van der Waals surface area contributed by atoms with Gasteiger partial charge >= 0.3 is 6.03 Å². The van der Waals surface area contributed by atoms with Gasteiger partial charge in [0.1, 0.15) is 11.9 Å². The molecule has 4 rings (SSSR count). The van der Waals surface area contributed by atoms with Crippen LogP contribution in [-0.4, -0.2) is 56.8 Å². The quantitative estimate of drug-likeness (QED) is 0.699. The fourth-order valence-electron chi connectivity index (χ4n) is 4.62. The number of fused-ring (bicyclic) bond motifs is 1. The average molecular weight is 468 g/mol. The minimum atomic E-state index is -0.124. The minimum absolute atomic E-state index is 0.000243. The smallest absolute Gasteiger partial charge is 0.324 e. The molecule has 182 valence electrons. The van der Waals surface area contributed by atoms with E-state index in [1.165, 1.54) is 0 Å². The summed E-state index contributed by atoms with van der Waals surface area (Å²) < 4.78 is 16.8. The van der Waals surface area contributed by atoms with E-state index >= 15 is 0 Å². The van der Waals surface area contributed by atoms with E-state index in [1.807, 2.05) is 52.3 Å². The summed E-state index contributed by atoms with van der Waals surface area (Å²) >= 11 is 0. The molecule has 0 bridgehead atoms. The highest BCUT2D eigenvalue weighted by Crippen LogP contribution is 2.35. The second-order valence-electron chi connectivity index (χ2n) is 8.64. The number of hydrogen-bond acceptors (Lipinski definition) is 5. The maximum absolute atomic E-state index is 13.4. The van der Waals surface area contributed by atoms with Gasteiger partial charge in [0.05, 0.1) is 26.5 Å². The van der Waals surface area contributed by atoms with Crippen LogP contribution in [0.25, 0.3) is 0 Å². The zero-order chi connectivity index (χ0) is 24.1. The summed E-state index contributed by atoms with van der Waals surface area (Å²) in [5.74, 6) is 1.88. The molecule has 1 fully saturated rings. The van der Waals surface area contributed by atoms with Gasteiger partial charge in [0, 0.05) is 31.1 Å². The lowest BCUT2D eigenvalue weighted by Gasteiger charge is -2.39. The summed E-state index contributed by atoms with van der Waals surface area (Å²) in [6.07, 6.45) is 2.08. The molecule has 0 aliphatic carbocycles. The average Bonchev–Trinajstić information content (AvgIpc) is 2.90. The molecule has 8 nitrogen and oxygen atoms in total. The summed E-state index contributed by atoms with van der Waals surface area (Å²) in [4.78, 5) is 29.9. The molecular weight excluding hydrogens is 434 g/mol. The molecule has 3 amide bonds. The molecule has 2 aromatic rings. The number of carbonyl (C=O) groups is 2. The fourth-order valence-corrected chi connectivity index (χ4v) is 4.62. The van der Waals surface area contributed by atoms with E-state index in [-0.39, 0.29) is 24.0 Å². The van der Waals surface area contributed by atoms with Gasteiger partial charge in [-0.1, -0.05) is 31.2 Å². The first-order valence-corrected chi connectivity index (χ1v) is 11.8. The molecule has 2 heterocycles. The largest absolute Gasteiger partial charge is 0.493 e. The van der Waals surface area contributed by atoms with Crippen molar-refractivity contribution in [3.05, 3.63) is 48.0 Å². The zero-order valence-corrected chi connectivity index (χ0v) is 20.1. The van der Waals surface area contributed by atoms with Crippen LogP contribution in [0.3, 0.4) is 0 Å².